The van der Waals surface area contributed by atoms with Crippen LogP contribution in [0.25, 0.3) is 0 Å². The molecule has 1 rings (SSSR count). The van der Waals surface area contributed by atoms with Crippen molar-refractivity contribution in [3.63, 3.8) is 0 Å². The van der Waals surface area contributed by atoms with Crippen LogP contribution in [0.5, 0.6) is 0 Å². The molecule has 0 saturated carbocycles. The van der Waals surface area contributed by atoms with E-state index >= 15 is 0 Å². The smallest absolute Gasteiger partial charge is 0.340 e. The summed E-state index contributed by atoms with van der Waals surface area (Å²) in [5, 5.41) is 9.07. The van der Waals surface area contributed by atoms with Crippen LogP contribution in [0.2, 0.25) is 0 Å². The van der Waals surface area contributed by atoms with Gasteiger partial charge in [0.15, 0.2) is 0 Å². The summed E-state index contributed by atoms with van der Waals surface area (Å²) < 4.78 is 4.65. The first-order valence-electron chi connectivity index (χ1n) is 4.69. The molecule has 3 N–H and O–H groups in total. The van der Waals surface area contributed by atoms with Gasteiger partial charge in [0.25, 0.3) is 0 Å². The second kappa shape index (κ2) is 4.79. The summed E-state index contributed by atoms with van der Waals surface area (Å²) in [5.74, 6) is -0.606. The Morgan fingerprint density at radius 1 is 1.60 bits per heavy atom. The molecule has 4 heteroatoms. The zero-order valence-corrected chi connectivity index (χ0v) is 8.86. The summed E-state index contributed by atoms with van der Waals surface area (Å²) in [6, 6.07) is 5.16. The van der Waals surface area contributed by atoms with Crippen molar-refractivity contribution in [1.29, 1.82) is 0 Å². The van der Waals surface area contributed by atoms with E-state index in [-0.39, 0.29) is 12.5 Å². The van der Waals surface area contributed by atoms with Crippen LogP contribution in [0, 0.1) is 0 Å². The van der Waals surface area contributed by atoms with E-state index in [9.17, 15) is 4.79 Å². The van der Waals surface area contributed by atoms with E-state index in [1.54, 1.807) is 18.2 Å². The number of nitrogens with two attached hydrogens (primary N) is 1. The number of anilines is 1. The number of nitrogen functional groups attached to an aromatic ring is 1. The molecule has 0 fully saturated rings. The van der Waals surface area contributed by atoms with Crippen molar-refractivity contribution in [2.45, 2.75) is 12.8 Å². The Bertz CT molecular complexity index is 363. The van der Waals surface area contributed by atoms with Gasteiger partial charge in [0.05, 0.1) is 12.7 Å². The van der Waals surface area contributed by atoms with E-state index in [1.807, 2.05) is 6.92 Å². The van der Waals surface area contributed by atoms with Gasteiger partial charge in [0.1, 0.15) is 0 Å². The summed E-state index contributed by atoms with van der Waals surface area (Å²) in [7, 11) is 1.31. The molecule has 0 aliphatic heterocycles. The highest BCUT2D eigenvalue weighted by molar-refractivity contribution is 5.96. The summed E-state index contributed by atoms with van der Waals surface area (Å²) >= 11 is 0. The number of ether oxygens (including phenoxy) is 1. The van der Waals surface area contributed by atoms with Gasteiger partial charge in [-0.25, -0.2) is 4.79 Å². The minimum Gasteiger partial charge on any atom is -0.465 e. The second-order valence-electron chi connectivity index (χ2n) is 3.39. The van der Waals surface area contributed by atoms with Crippen molar-refractivity contribution in [3.8, 4) is 0 Å². The highest BCUT2D eigenvalue weighted by atomic mass is 16.5. The lowest BCUT2D eigenvalue weighted by Crippen LogP contribution is -2.12. The lowest BCUT2D eigenvalue weighted by atomic mass is 9.95. The van der Waals surface area contributed by atoms with Gasteiger partial charge in [-0.1, -0.05) is 19.1 Å². The van der Waals surface area contributed by atoms with Crippen molar-refractivity contribution < 1.29 is 14.6 Å². The fourth-order valence-corrected chi connectivity index (χ4v) is 1.44. The molecular weight excluding hydrogens is 194 g/mol. The Morgan fingerprint density at radius 3 is 2.80 bits per heavy atom. The lowest BCUT2D eigenvalue weighted by molar-refractivity contribution is 0.0600. The standard InChI is InChI=1S/C11H15NO3/c1-7(6-13)8-4-3-5-9(12)10(8)11(14)15-2/h3-5,7,13H,6,12H2,1-2H3. The van der Waals surface area contributed by atoms with E-state index in [0.29, 0.717) is 16.8 Å². The molecule has 1 atom stereocenters. The fraction of sp³-hybridized carbons (Fsp3) is 0.364. The van der Waals surface area contributed by atoms with Crippen LogP contribution >= 0.6 is 0 Å². The molecule has 4 nitrogen and oxygen atoms in total. The van der Waals surface area contributed by atoms with E-state index in [4.69, 9.17) is 10.8 Å². The van der Waals surface area contributed by atoms with Crippen molar-refractivity contribution in [2.24, 2.45) is 0 Å². The first-order chi connectivity index (χ1) is 7.11. The van der Waals surface area contributed by atoms with Crippen LogP contribution in [0.1, 0.15) is 28.8 Å². The Labute approximate surface area is 88.7 Å². The first-order valence-corrected chi connectivity index (χ1v) is 4.69. The summed E-state index contributed by atoms with van der Waals surface area (Å²) in [6.45, 7) is 1.79. The Morgan fingerprint density at radius 2 is 2.27 bits per heavy atom. The second-order valence-corrected chi connectivity index (χ2v) is 3.39. The average Bonchev–Trinajstić information content (AvgIpc) is 2.26. The number of esters is 1. The minimum absolute atomic E-state index is 0.0343. The predicted molar refractivity (Wildman–Crippen MR) is 57.7 cm³/mol. The van der Waals surface area contributed by atoms with Crippen LogP contribution in [0.15, 0.2) is 18.2 Å². The van der Waals surface area contributed by atoms with Gasteiger partial charge < -0.3 is 15.6 Å². The zero-order valence-electron chi connectivity index (χ0n) is 8.86. The molecule has 0 bridgehead atoms. The molecule has 0 saturated heterocycles. The van der Waals surface area contributed by atoms with Gasteiger partial charge in [-0.15, -0.1) is 0 Å². The van der Waals surface area contributed by atoms with Gasteiger partial charge in [-0.3, -0.25) is 0 Å². The van der Waals surface area contributed by atoms with Gasteiger partial charge >= 0.3 is 5.97 Å². The van der Waals surface area contributed by atoms with Gasteiger partial charge in [-0.2, -0.15) is 0 Å². The Balaban J connectivity index is 3.26. The van der Waals surface area contributed by atoms with Crippen molar-refractivity contribution in [1.82, 2.24) is 0 Å². The number of benzene rings is 1. The molecule has 0 aromatic heterocycles. The van der Waals surface area contributed by atoms with Crippen LogP contribution in [-0.4, -0.2) is 24.8 Å². The van der Waals surface area contributed by atoms with E-state index < -0.39 is 5.97 Å². The molecule has 1 unspecified atom stereocenters. The quantitative estimate of drug-likeness (QED) is 0.578. The molecule has 0 radical (unpaired) electrons. The van der Waals surface area contributed by atoms with Crippen molar-refractivity contribution >= 4 is 11.7 Å². The molecule has 0 aliphatic rings. The first kappa shape index (κ1) is 11.5. The van der Waals surface area contributed by atoms with E-state index in [0.717, 1.165) is 0 Å². The average molecular weight is 209 g/mol. The summed E-state index contributed by atoms with van der Waals surface area (Å²) in [4.78, 5) is 11.5. The SMILES string of the molecule is COC(=O)c1c(N)cccc1C(C)CO. The highest BCUT2D eigenvalue weighted by Crippen LogP contribution is 2.24. The number of methoxy groups -OCH3 is 1. The molecule has 0 aliphatic carbocycles. The predicted octanol–water partition coefficient (Wildman–Crippen LogP) is 1.15. The maximum atomic E-state index is 11.5. The fourth-order valence-electron chi connectivity index (χ4n) is 1.44. The monoisotopic (exact) mass is 209 g/mol. The van der Waals surface area contributed by atoms with Gasteiger partial charge in [0.2, 0.25) is 0 Å². The molecule has 1 aromatic rings. The molecule has 15 heavy (non-hydrogen) atoms. The van der Waals surface area contributed by atoms with Crippen LogP contribution in [0.4, 0.5) is 5.69 Å². The normalized spacial score (nSPS) is 12.2. The highest BCUT2D eigenvalue weighted by Gasteiger charge is 2.18. The number of hydrogen-bond donors (Lipinski definition) is 2. The molecule has 82 valence electrons. The molecular formula is C11H15NO3. The van der Waals surface area contributed by atoms with Gasteiger partial charge in [0, 0.05) is 18.2 Å². The van der Waals surface area contributed by atoms with Crippen molar-refractivity contribution in [2.75, 3.05) is 19.5 Å². The largest absolute Gasteiger partial charge is 0.465 e. The minimum atomic E-state index is -0.469. The Kier molecular flexibility index (Phi) is 3.68. The van der Waals surface area contributed by atoms with E-state index in [2.05, 4.69) is 4.74 Å². The number of carbonyl (C=O) groups excluding carboxylic acids is 1. The third kappa shape index (κ3) is 2.27. The molecule has 0 spiro atoms. The maximum absolute atomic E-state index is 11.5. The van der Waals surface area contributed by atoms with E-state index in [1.165, 1.54) is 7.11 Å². The topological polar surface area (TPSA) is 72.5 Å². The lowest BCUT2D eigenvalue weighted by Gasteiger charge is -2.14. The molecule has 1 aromatic carbocycles. The van der Waals surface area contributed by atoms with Gasteiger partial charge in [-0.05, 0) is 11.6 Å². The summed E-state index contributed by atoms with van der Waals surface area (Å²) in [5.41, 5.74) is 7.14. The number of aliphatic hydroxyl groups is 1. The van der Waals surface area contributed by atoms with Crippen LogP contribution < -0.4 is 5.73 Å². The third-order valence-corrected chi connectivity index (χ3v) is 2.32. The van der Waals surface area contributed by atoms with Crippen molar-refractivity contribution in [3.05, 3.63) is 29.3 Å². The van der Waals surface area contributed by atoms with Crippen LogP contribution in [-0.2, 0) is 4.74 Å². The zero-order chi connectivity index (χ0) is 11.4. The Hall–Kier alpha value is -1.55. The number of hydrogen-bond acceptors (Lipinski definition) is 4. The molecule has 0 heterocycles. The third-order valence-electron chi connectivity index (χ3n) is 2.32. The maximum Gasteiger partial charge on any atom is 0.340 e. The number of aliphatic hydroxyl groups excluding tert-OH is 1. The molecule has 0 amide bonds. The number of carbonyl (C=O) groups is 1. The number of rotatable bonds is 3. The van der Waals surface area contributed by atoms with Crippen LogP contribution in [0.3, 0.4) is 0 Å². The summed E-state index contributed by atoms with van der Waals surface area (Å²) in [6.07, 6.45) is 0.